The van der Waals surface area contributed by atoms with Crippen LogP contribution in [0.1, 0.15) is 32.8 Å². The summed E-state index contributed by atoms with van der Waals surface area (Å²) in [5.41, 5.74) is 0.866. The van der Waals surface area contributed by atoms with E-state index in [0.717, 1.165) is 22.5 Å². The van der Waals surface area contributed by atoms with Crippen molar-refractivity contribution in [2.75, 3.05) is 24.2 Å². The van der Waals surface area contributed by atoms with Crippen molar-refractivity contribution in [2.45, 2.75) is 45.8 Å². The van der Waals surface area contributed by atoms with Crippen LogP contribution in [0.25, 0.3) is 0 Å². The zero-order valence-corrected chi connectivity index (χ0v) is 22.7. The third kappa shape index (κ3) is 8.02. The standard InChI is InChI=1S/C24H31Cl2N3O5S/c1-6-16(2)27-24(31)17(3)28(14-18-7-10-20(34-4)11-8-18)23(30)15-29(35(5,32)33)22-12-9-19(25)13-21(22)26/h7-13,16-17H,6,14-15H2,1-5H3,(H,27,31)/t16-,17-/m1/s1. The number of anilines is 1. The van der Waals surface area contributed by atoms with E-state index in [9.17, 15) is 18.0 Å². The van der Waals surface area contributed by atoms with Gasteiger partial charge in [-0.15, -0.1) is 0 Å². The maximum absolute atomic E-state index is 13.5. The molecule has 0 aliphatic rings. The SMILES string of the molecule is CC[C@@H](C)NC(=O)[C@@H](C)N(Cc1ccc(OC)cc1)C(=O)CN(c1ccc(Cl)cc1Cl)S(C)(=O)=O. The zero-order chi connectivity index (χ0) is 26.3. The molecule has 2 aromatic carbocycles. The molecule has 2 rings (SSSR count). The van der Waals surface area contributed by atoms with Gasteiger partial charge < -0.3 is 15.0 Å². The van der Waals surface area contributed by atoms with Gasteiger partial charge in [0.2, 0.25) is 21.8 Å². The van der Waals surface area contributed by atoms with Crippen molar-refractivity contribution >= 4 is 50.7 Å². The molecule has 0 aliphatic carbocycles. The molecular formula is C24H31Cl2N3O5S. The molecule has 0 saturated heterocycles. The van der Waals surface area contributed by atoms with Gasteiger partial charge in [-0.2, -0.15) is 0 Å². The van der Waals surface area contributed by atoms with Crippen molar-refractivity contribution in [3.8, 4) is 5.75 Å². The summed E-state index contributed by atoms with van der Waals surface area (Å²) in [5.74, 6) is -0.254. The molecule has 2 amide bonds. The van der Waals surface area contributed by atoms with Crippen molar-refractivity contribution in [2.24, 2.45) is 0 Å². The summed E-state index contributed by atoms with van der Waals surface area (Å²) in [4.78, 5) is 27.8. The average molecular weight is 545 g/mol. The second-order valence-electron chi connectivity index (χ2n) is 8.23. The molecule has 2 aromatic rings. The summed E-state index contributed by atoms with van der Waals surface area (Å²) in [6, 6.07) is 10.4. The van der Waals surface area contributed by atoms with Crippen LogP contribution in [0.4, 0.5) is 5.69 Å². The smallest absolute Gasteiger partial charge is 0.244 e. The van der Waals surface area contributed by atoms with Crippen LogP contribution in [0.3, 0.4) is 0 Å². The van der Waals surface area contributed by atoms with Gasteiger partial charge in [-0.1, -0.05) is 42.3 Å². The molecule has 0 bridgehead atoms. The number of amides is 2. The molecule has 0 unspecified atom stereocenters. The average Bonchev–Trinajstić information content (AvgIpc) is 2.80. The number of carbonyl (C=O) groups excluding carboxylic acids is 2. The van der Waals surface area contributed by atoms with Crippen molar-refractivity contribution < 1.29 is 22.7 Å². The van der Waals surface area contributed by atoms with Crippen molar-refractivity contribution in [3.05, 3.63) is 58.1 Å². The first-order valence-electron chi connectivity index (χ1n) is 11.0. The first-order valence-corrected chi connectivity index (χ1v) is 13.6. The predicted octanol–water partition coefficient (Wildman–Crippen LogP) is 4.10. The molecule has 8 nitrogen and oxygen atoms in total. The van der Waals surface area contributed by atoms with Gasteiger partial charge in [-0.3, -0.25) is 13.9 Å². The van der Waals surface area contributed by atoms with Gasteiger partial charge in [0.15, 0.2) is 0 Å². The largest absolute Gasteiger partial charge is 0.497 e. The van der Waals surface area contributed by atoms with Gasteiger partial charge in [0.25, 0.3) is 0 Å². The molecule has 0 fully saturated rings. The van der Waals surface area contributed by atoms with E-state index < -0.39 is 28.5 Å². The Labute approximate surface area is 217 Å². The molecule has 1 N–H and O–H groups in total. The quantitative estimate of drug-likeness (QED) is 0.460. The van der Waals surface area contributed by atoms with E-state index in [1.54, 1.807) is 38.3 Å². The summed E-state index contributed by atoms with van der Waals surface area (Å²) in [5, 5.41) is 3.29. The Morgan fingerprint density at radius 3 is 2.23 bits per heavy atom. The summed E-state index contributed by atoms with van der Waals surface area (Å²) in [7, 11) is -2.34. The van der Waals surface area contributed by atoms with Crippen LogP contribution >= 0.6 is 23.2 Å². The van der Waals surface area contributed by atoms with Gasteiger partial charge in [-0.05, 0) is 56.2 Å². The number of rotatable bonds is 11. The molecule has 2 atom stereocenters. The minimum absolute atomic E-state index is 0.0803. The number of halogens is 2. The fraction of sp³-hybridized carbons (Fsp3) is 0.417. The van der Waals surface area contributed by atoms with Crippen LogP contribution in [0.15, 0.2) is 42.5 Å². The van der Waals surface area contributed by atoms with Gasteiger partial charge in [0.1, 0.15) is 18.3 Å². The van der Waals surface area contributed by atoms with Crippen LogP contribution in [-0.4, -0.2) is 57.1 Å². The lowest BCUT2D eigenvalue weighted by Crippen LogP contribution is -2.52. The Kier molecular flexibility index (Phi) is 10.2. The minimum Gasteiger partial charge on any atom is -0.497 e. The van der Waals surface area contributed by atoms with E-state index in [4.69, 9.17) is 27.9 Å². The lowest BCUT2D eigenvalue weighted by molar-refractivity contribution is -0.139. The number of carbonyl (C=O) groups is 2. The molecule has 11 heteroatoms. The van der Waals surface area contributed by atoms with Gasteiger partial charge in [0.05, 0.1) is 24.1 Å². The summed E-state index contributed by atoms with van der Waals surface area (Å²) >= 11 is 12.2. The number of hydrogen-bond donors (Lipinski definition) is 1. The minimum atomic E-state index is -3.89. The fourth-order valence-corrected chi connectivity index (χ4v) is 4.68. The topological polar surface area (TPSA) is 96.0 Å². The lowest BCUT2D eigenvalue weighted by atomic mass is 10.1. The molecule has 0 spiro atoms. The number of nitrogens with zero attached hydrogens (tertiary/aromatic N) is 2. The van der Waals surface area contributed by atoms with E-state index in [1.807, 2.05) is 13.8 Å². The molecule has 0 radical (unpaired) electrons. The molecule has 0 saturated carbocycles. The van der Waals surface area contributed by atoms with Gasteiger partial charge >= 0.3 is 0 Å². The molecule has 0 aromatic heterocycles. The zero-order valence-electron chi connectivity index (χ0n) is 20.4. The molecule has 192 valence electrons. The van der Waals surface area contributed by atoms with E-state index in [-0.39, 0.29) is 29.2 Å². The highest BCUT2D eigenvalue weighted by Gasteiger charge is 2.31. The molecule has 0 aliphatic heterocycles. The van der Waals surface area contributed by atoms with Crippen molar-refractivity contribution in [1.29, 1.82) is 0 Å². The number of sulfonamides is 1. The number of ether oxygens (including phenoxy) is 1. The summed E-state index contributed by atoms with van der Waals surface area (Å²) < 4.78 is 31.3. The predicted molar refractivity (Wildman–Crippen MR) is 140 cm³/mol. The van der Waals surface area contributed by atoms with Crippen molar-refractivity contribution in [1.82, 2.24) is 10.2 Å². The lowest BCUT2D eigenvalue weighted by Gasteiger charge is -2.32. The van der Waals surface area contributed by atoms with E-state index in [2.05, 4.69) is 5.32 Å². The number of nitrogens with one attached hydrogen (secondary N) is 1. The number of benzene rings is 2. The maximum Gasteiger partial charge on any atom is 0.244 e. The third-order valence-electron chi connectivity index (χ3n) is 5.54. The second kappa shape index (κ2) is 12.5. The molecule has 0 heterocycles. The third-order valence-corrected chi connectivity index (χ3v) is 7.20. The fourth-order valence-electron chi connectivity index (χ4n) is 3.25. The highest BCUT2D eigenvalue weighted by atomic mass is 35.5. The number of hydrogen-bond acceptors (Lipinski definition) is 5. The van der Waals surface area contributed by atoms with Crippen LogP contribution < -0.4 is 14.4 Å². The van der Waals surface area contributed by atoms with Gasteiger partial charge in [-0.25, -0.2) is 8.42 Å². The van der Waals surface area contributed by atoms with Crippen LogP contribution in [0, 0.1) is 0 Å². The monoisotopic (exact) mass is 543 g/mol. The Hall–Kier alpha value is -2.49. The van der Waals surface area contributed by atoms with E-state index in [0.29, 0.717) is 10.8 Å². The summed E-state index contributed by atoms with van der Waals surface area (Å²) in [6.07, 6.45) is 1.71. The highest BCUT2D eigenvalue weighted by Crippen LogP contribution is 2.30. The normalized spacial score (nSPS) is 13.0. The van der Waals surface area contributed by atoms with Crippen molar-refractivity contribution in [3.63, 3.8) is 0 Å². The van der Waals surface area contributed by atoms with E-state index >= 15 is 0 Å². The Bertz CT molecular complexity index is 1140. The first-order chi connectivity index (χ1) is 16.4. The summed E-state index contributed by atoms with van der Waals surface area (Å²) in [6.45, 7) is 4.96. The Morgan fingerprint density at radius 2 is 1.71 bits per heavy atom. The van der Waals surface area contributed by atoms with E-state index in [1.165, 1.54) is 23.1 Å². The molecular weight excluding hydrogens is 513 g/mol. The molecule has 35 heavy (non-hydrogen) atoms. The Balaban J connectivity index is 2.41. The maximum atomic E-state index is 13.5. The van der Waals surface area contributed by atoms with Crippen LogP contribution in [0.2, 0.25) is 10.0 Å². The van der Waals surface area contributed by atoms with Gasteiger partial charge in [0, 0.05) is 17.6 Å². The highest BCUT2D eigenvalue weighted by molar-refractivity contribution is 7.92. The van der Waals surface area contributed by atoms with Crippen LogP contribution in [0.5, 0.6) is 5.75 Å². The number of methoxy groups -OCH3 is 1. The Morgan fingerprint density at radius 1 is 1.09 bits per heavy atom. The first kappa shape index (κ1) is 28.7. The second-order valence-corrected chi connectivity index (χ2v) is 11.0. The van der Waals surface area contributed by atoms with Crippen LogP contribution in [-0.2, 0) is 26.2 Å².